The van der Waals surface area contributed by atoms with Gasteiger partial charge >= 0.3 is 0 Å². The number of nitrogens with one attached hydrogen (secondary N) is 1. The first-order valence-electron chi connectivity index (χ1n) is 6.23. The van der Waals surface area contributed by atoms with E-state index in [1.54, 1.807) is 0 Å². The number of hydrogen-bond donors (Lipinski definition) is 2. The minimum absolute atomic E-state index is 0.367. The molecule has 1 heterocycles. The summed E-state index contributed by atoms with van der Waals surface area (Å²) in [6, 6.07) is 10.1. The van der Waals surface area contributed by atoms with Gasteiger partial charge < -0.3 is 11.1 Å². The van der Waals surface area contributed by atoms with E-state index >= 15 is 0 Å². The summed E-state index contributed by atoms with van der Waals surface area (Å²) >= 11 is 8.59. The molecule has 5 heteroatoms. The zero-order valence-electron chi connectivity index (χ0n) is 11.4. The zero-order chi connectivity index (χ0) is 14.7. The lowest BCUT2D eigenvalue weighted by Crippen LogP contribution is -2.16. The predicted octanol–water partition coefficient (Wildman–Crippen LogP) is 3.71. The van der Waals surface area contributed by atoms with Crippen LogP contribution in [0.5, 0.6) is 0 Å². The molecule has 2 aromatic rings. The standard InChI is InChI=1S/C15H16BrN3S/c1-9-6-13(14(15(17)20)10(2)19-9)18-8-11-4-3-5-12(16)7-11/h3-7H,8H2,1-2H3,(H2,17,20)(H,18,19). The SMILES string of the molecule is Cc1cc(NCc2cccc(Br)c2)c(C(N)=S)c(C)n1. The fourth-order valence-electron chi connectivity index (χ4n) is 2.12. The van der Waals surface area contributed by atoms with Crippen LogP contribution >= 0.6 is 28.1 Å². The van der Waals surface area contributed by atoms with Crippen LogP contribution in [0.25, 0.3) is 0 Å². The maximum atomic E-state index is 5.80. The van der Waals surface area contributed by atoms with Gasteiger partial charge in [-0.2, -0.15) is 0 Å². The quantitative estimate of drug-likeness (QED) is 0.826. The molecule has 0 atom stereocenters. The van der Waals surface area contributed by atoms with Gasteiger partial charge in [-0.05, 0) is 37.6 Å². The van der Waals surface area contributed by atoms with E-state index in [9.17, 15) is 0 Å². The molecule has 0 radical (unpaired) electrons. The van der Waals surface area contributed by atoms with Crippen molar-refractivity contribution in [3.05, 3.63) is 57.3 Å². The molecule has 3 nitrogen and oxygen atoms in total. The number of thiocarbonyl (C=S) groups is 1. The van der Waals surface area contributed by atoms with Gasteiger partial charge in [0.1, 0.15) is 4.99 Å². The van der Waals surface area contributed by atoms with Crippen molar-refractivity contribution < 1.29 is 0 Å². The maximum Gasteiger partial charge on any atom is 0.107 e. The summed E-state index contributed by atoms with van der Waals surface area (Å²) in [6.45, 7) is 4.59. The van der Waals surface area contributed by atoms with E-state index in [2.05, 4.69) is 38.4 Å². The molecule has 0 aliphatic heterocycles. The van der Waals surface area contributed by atoms with Crippen molar-refractivity contribution in [3.8, 4) is 0 Å². The fraction of sp³-hybridized carbons (Fsp3) is 0.200. The van der Waals surface area contributed by atoms with Gasteiger partial charge in [-0.25, -0.2) is 0 Å². The number of aryl methyl sites for hydroxylation is 2. The van der Waals surface area contributed by atoms with Crippen molar-refractivity contribution in [2.45, 2.75) is 20.4 Å². The Morgan fingerprint density at radius 3 is 2.75 bits per heavy atom. The minimum Gasteiger partial charge on any atom is -0.389 e. The van der Waals surface area contributed by atoms with Crippen molar-refractivity contribution in [3.63, 3.8) is 0 Å². The van der Waals surface area contributed by atoms with E-state index in [-0.39, 0.29) is 0 Å². The fourth-order valence-corrected chi connectivity index (χ4v) is 2.83. The van der Waals surface area contributed by atoms with E-state index in [1.807, 2.05) is 32.0 Å². The second-order valence-corrected chi connectivity index (χ2v) is 5.97. The largest absolute Gasteiger partial charge is 0.389 e. The van der Waals surface area contributed by atoms with E-state index in [4.69, 9.17) is 18.0 Å². The van der Waals surface area contributed by atoms with Crippen LogP contribution in [0.3, 0.4) is 0 Å². The number of nitrogens with two attached hydrogens (primary N) is 1. The van der Waals surface area contributed by atoms with Crippen molar-refractivity contribution in [2.75, 3.05) is 5.32 Å². The third-order valence-corrected chi connectivity index (χ3v) is 3.64. The highest BCUT2D eigenvalue weighted by Gasteiger charge is 2.10. The summed E-state index contributed by atoms with van der Waals surface area (Å²) in [6.07, 6.45) is 0. The molecule has 0 unspecified atom stereocenters. The van der Waals surface area contributed by atoms with E-state index < -0.39 is 0 Å². The molecular formula is C15H16BrN3S. The number of halogens is 1. The first-order valence-corrected chi connectivity index (χ1v) is 7.44. The first-order chi connectivity index (χ1) is 9.47. The lowest BCUT2D eigenvalue weighted by atomic mass is 10.1. The lowest BCUT2D eigenvalue weighted by Gasteiger charge is -2.14. The first kappa shape index (κ1) is 14.9. The highest BCUT2D eigenvalue weighted by molar-refractivity contribution is 9.10. The van der Waals surface area contributed by atoms with Crippen molar-refractivity contribution in [1.29, 1.82) is 0 Å². The molecule has 1 aromatic heterocycles. The van der Waals surface area contributed by atoms with Gasteiger partial charge in [-0.15, -0.1) is 0 Å². The van der Waals surface area contributed by atoms with Crippen LogP contribution in [0.4, 0.5) is 5.69 Å². The van der Waals surface area contributed by atoms with Gasteiger partial charge in [0.25, 0.3) is 0 Å². The smallest absolute Gasteiger partial charge is 0.107 e. The van der Waals surface area contributed by atoms with E-state index in [1.165, 1.54) is 5.56 Å². The van der Waals surface area contributed by atoms with Gasteiger partial charge in [0.05, 0.1) is 5.56 Å². The molecule has 104 valence electrons. The molecule has 0 spiro atoms. The van der Waals surface area contributed by atoms with Gasteiger partial charge in [0, 0.05) is 28.1 Å². The third-order valence-electron chi connectivity index (χ3n) is 2.95. The molecule has 20 heavy (non-hydrogen) atoms. The van der Waals surface area contributed by atoms with Crippen LogP contribution in [-0.2, 0) is 6.54 Å². The van der Waals surface area contributed by atoms with Crippen molar-refractivity contribution in [2.24, 2.45) is 5.73 Å². The number of rotatable bonds is 4. The van der Waals surface area contributed by atoms with Crippen LogP contribution in [-0.4, -0.2) is 9.97 Å². The summed E-state index contributed by atoms with van der Waals surface area (Å²) in [5.74, 6) is 0. The zero-order valence-corrected chi connectivity index (χ0v) is 13.8. The molecule has 2 rings (SSSR count). The number of hydrogen-bond acceptors (Lipinski definition) is 3. The van der Waals surface area contributed by atoms with Crippen molar-refractivity contribution in [1.82, 2.24) is 4.98 Å². The highest BCUT2D eigenvalue weighted by atomic mass is 79.9. The summed E-state index contributed by atoms with van der Waals surface area (Å²) < 4.78 is 1.06. The second kappa shape index (κ2) is 6.33. The van der Waals surface area contributed by atoms with Crippen molar-refractivity contribution >= 4 is 38.8 Å². The van der Waals surface area contributed by atoms with Gasteiger partial charge in [0.2, 0.25) is 0 Å². The number of pyridine rings is 1. The number of benzene rings is 1. The van der Waals surface area contributed by atoms with Gasteiger partial charge in [-0.1, -0.05) is 40.3 Å². The Morgan fingerprint density at radius 1 is 1.35 bits per heavy atom. The Kier molecular flexibility index (Phi) is 4.73. The van der Waals surface area contributed by atoms with Gasteiger partial charge in [0.15, 0.2) is 0 Å². The third kappa shape index (κ3) is 3.55. The Balaban J connectivity index is 2.27. The Hall–Kier alpha value is -1.46. The van der Waals surface area contributed by atoms with Crippen LogP contribution in [0.2, 0.25) is 0 Å². The lowest BCUT2D eigenvalue weighted by molar-refractivity contribution is 1.08. The number of anilines is 1. The number of aromatic nitrogens is 1. The normalized spacial score (nSPS) is 10.3. The Bertz CT molecular complexity index is 656. The van der Waals surface area contributed by atoms with Crippen LogP contribution in [0.15, 0.2) is 34.8 Å². The van der Waals surface area contributed by atoms with Crippen LogP contribution in [0.1, 0.15) is 22.5 Å². The summed E-state index contributed by atoms with van der Waals surface area (Å²) in [5.41, 5.74) is 10.5. The monoisotopic (exact) mass is 349 g/mol. The molecular weight excluding hydrogens is 334 g/mol. The average molecular weight is 350 g/mol. The predicted molar refractivity (Wildman–Crippen MR) is 91.1 cm³/mol. The van der Waals surface area contributed by atoms with E-state index in [0.717, 1.165) is 27.1 Å². The highest BCUT2D eigenvalue weighted by Crippen LogP contribution is 2.21. The molecule has 0 amide bonds. The molecule has 0 aliphatic carbocycles. The molecule has 0 aliphatic rings. The maximum absolute atomic E-state index is 5.80. The summed E-state index contributed by atoms with van der Waals surface area (Å²) in [5, 5.41) is 3.39. The molecule has 0 fully saturated rings. The molecule has 1 aromatic carbocycles. The minimum atomic E-state index is 0.367. The number of nitrogens with zero attached hydrogens (tertiary/aromatic N) is 1. The summed E-state index contributed by atoms with van der Waals surface area (Å²) in [4.78, 5) is 4.78. The Labute approximate surface area is 132 Å². The van der Waals surface area contributed by atoms with Gasteiger partial charge in [-0.3, -0.25) is 4.98 Å². The molecule has 0 saturated carbocycles. The van der Waals surface area contributed by atoms with Crippen LogP contribution in [0, 0.1) is 13.8 Å². The topological polar surface area (TPSA) is 50.9 Å². The van der Waals surface area contributed by atoms with Crippen LogP contribution < -0.4 is 11.1 Å². The molecule has 0 saturated heterocycles. The molecule has 3 N–H and O–H groups in total. The summed E-state index contributed by atoms with van der Waals surface area (Å²) in [7, 11) is 0. The van der Waals surface area contributed by atoms with E-state index in [0.29, 0.717) is 11.5 Å². The second-order valence-electron chi connectivity index (χ2n) is 4.62. The Morgan fingerprint density at radius 2 is 2.10 bits per heavy atom. The average Bonchev–Trinajstić information content (AvgIpc) is 2.35. The molecule has 0 bridgehead atoms.